The lowest BCUT2D eigenvalue weighted by molar-refractivity contribution is 0.0695. The zero-order valence-corrected chi connectivity index (χ0v) is 10.1. The number of hydrogen-bond acceptors (Lipinski definition) is 4. The molecule has 0 saturated carbocycles. The van der Waals surface area contributed by atoms with Crippen LogP contribution in [0.15, 0.2) is 0 Å². The molecule has 0 radical (unpaired) electrons. The molecular weight excluding hydrogens is 226 g/mol. The van der Waals surface area contributed by atoms with E-state index in [-0.39, 0.29) is 11.0 Å². The summed E-state index contributed by atoms with van der Waals surface area (Å²) in [6.07, 6.45) is 2.72. The maximum Gasteiger partial charge on any atom is 0.339 e. The monoisotopic (exact) mass is 241 g/mol. The number of carbonyl (C=O) groups is 1. The molecule has 1 aliphatic carbocycles. The Labute approximate surface area is 97.9 Å². The van der Waals surface area contributed by atoms with Gasteiger partial charge in [-0.1, -0.05) is 13.8 Å². The first-order chi connectivity index (χ1) is 7.44. The van der Waals surface area contributed by atoms with Crippen LogP contribution >= 0.6 is 11.3 Å². The molecule has 5 heteroatoms. The molecule has 1 aromatic heterocycles. The van der Waals surface area contributed by atoms with E-state index in [1.807, 2.05) is 5.48 Å². The molecule has 1 aliphatic rings. The molecule has 0 spiro atoms. The van der Waals surface area contributed by atoms with Crippen LogP contribution in [-0.4, -0.2) is 16.3 Å². The predicted octanol–water partition coefficient (Wildman–Crippen LogP) is 2.76. The van der Waals surface area contributed by atoms with E-state index in [1.165, 1.54) is 11.3 Å². The van der Waals surface area contributed by atoms with Crippen LogP contribution in [0.1, 0.15) is 41.1 Å². The third-order valence-corrected chi connectivity index (χ3v) is 4.29. The van der Waals surface area contributed by atoms with E-state index in [1.54, 1.807) is 0 Å². The van der Waals surface area contributed by atoms with Crippen molar-refractivity contribution in [1.29, 1.82) is 0 Å². The van der Waals surface area contributed by atoms with Crippen LogP contribution in [0.2, 0.25) is 0 Å². The number of aromatic carboxylic acids is 1. The van der Waals surface area contributed by atoms with Gasteiger partial charge in [0.25, 0.3) is 0 Å². The average molecular weight is 241 g/mol. The fourth-order valence-corrected chi connectivity index (χ4v) is 3.33. The highest BCUT2D eigenvalue weighted by molar-refractivity contribution is 7.16. The first-order valence-corrected chi connectivity index (χ1v) is 6.04. The van der Waals surface area contributed by atoms with Gasteiger partial charge < -0.3 is 5.11 Å². The molecule has 0 bridgehead atoms. The fraction of sp³-hybridized carbons (Fsp3) is 0.545. The van der Waals surface area contributed by atoms with Crippen LogP contribution in [0.25, 0.3) is 0 Å². The van der Waals surface area contributed by atoms with Gasteiger partial charge in [-0.25, -0.2) is 4.79 Å². The molecule has 0 amide bonds. The lowest BCUT2D eigenvalue weighted by Crippen LogP contribution is -2.22. The molecule has 0 aliphatic heterocycles. The average Bonchev–Trinajstić information content (AvgIpc) is 2.53. The summed E-state index contributed by atoms with van der Waals surface area (Å²) >= 11 is 1.35. The zero-order chi connectivity index (χ0) is 11.9. The number of hydrogen-bond donors (Lipinski definition) is 3. The molecule has 1 heterocycles. The Morgan fingerprint density at radius 3 is 2.75 bits per heavy atom. The van der Waals surface area contributed by atoms with Gasteiger partial charge in [0.15, 0.2) is 0 Å². The largest absolute Gasteiger partial charge is 0.478 e. The van der Waals surface area contributed by atoms with Gasteiger partial charge in [0, 0.05) is 4.88 Å². The van der Waals surface area contributed by atoms with Gasteiger partial charge in [-0.15, -0.1) is 11.3 Å². The van der Waals surface area contributed by atoms with E-state index in [9.17, 15) is 4.79 Å². The quantitative estimate of drug-likeness (QED) is 0.696. The Morgan fingerprint density at radius 2 is 2.19 bits per heavy atom. The number of aryl methyl sites for hydroxylation is 1. The Morgan fingerprint density at radius 1 is 1.50 bits per heavy atom. The van der Waals surface area contributed by atoms with Crippen molar-refractivity contribution in [2.75, 3.05) is 5.48 Å². The molecule has 0 atom stereocenters. The van der Waals surface area contributed by atoms with Gasteiger partial charge in [0.05, 0.1) is 5.56 Å². The summed E-state index contributed by atoms with van der Waals surface area (Å²) in [5, 5.41) is 18.5. The summed E-state index contributed by atoms with van der Waals surface area (Å²) in [6, 6.07) is 0. The SMILES string of the molecule is CC1(C)CCc2sc(NO)c(C(=O)O)c2C1. The molecule has 3 N–H and O–H groups in total. The second-order valence-electron chi connectivity index (χ2n) is 4.97. The lowest BCUT2D eigenvalue weighted by atomic mass is 9.76. The molecule has 0 unspecified atom stereocenters. The second-order valence-corrected chi connectivity index (χ2v) is 6.07. The molecule has 88 valence electrons. The van der Waals surface area contributed by atoms with Crippen molar-refractivity contribution < 1.29 is 15.1 Å². The van der Waals surface area contributed by atoms with Crippen LogP contribution in [0.3, 0.4) is 0 Å². The van der Waals surface area contributed by atoms with Gasteiger partial charge in [-0.3, -0.25) is 10.7 Å². The standard InChI is InChI=1S/C11H15NO3S/c1-11(2)4-3-7-6(5-11)8(10(13)14)9(12-15)16-7/h12,15H,3-5H2,1-2H3,(H,13,14). The minimum absolute atomic E-state index is 0.144. The van der Waals surface area contributed by atoms with E-state index in [0.29, 0.717) is 5.00 Å². The van der Waals surface area contributed by atoms with Crippen LogP contribution in [0, 0.1) is 5.41 Å². The van der Waals surface area contributed by atoms with Crippen molar-refractivity contribution in [2.24, 2.45) is 5.41 Å². The van der Waals surface area contributed by atoms with Crippen LogP contribution in [-0.2, 0) is 12.8 Å². The Bertz CT molecular complexity index is 437. The summed E-state index contributed by atoms with van der Waals surface area (Å²) in [5.74, 6) is -0.966. The number of rotatable bonds is 2. The zero-order valence-electron chi connectivity index (χ0n) is 9.33. The summed E-state index contributed by atoms with van der Waals surface area (Å²) in [6.45, 7) is 4.29. The first kappa shape index (κ1) is 11.4. The molecule has 4 nitrogen and oxygen atoms in total. The third kappa shape index (κ3) is 1.81. The van der Waals surface area contributed by atoms with Crippen LogP contribution in [0.5, 0.6) is 0 Å². The topological polar surface area (TPSA) is 69.6 Å². The van der Waals surface area contributed by atoms with Crippen molar-refractivity contribution in [2.45, 2.75) is 33.1 Å². The summed E-state index contributed by atoms with van der Waals surface area (Å²) in [5.41, 5.74) is 3.28. The Balaban J connectivity index is 2.52. The van der Waals surface area contributed by atoms with Crippen molar-refractivity contribution in [1.82, 2.24) is 0 Å². The molecule has 2 rings (SSSR count). The van der Waals surface area contributed by atoms with Crippen LogP contribution < -0.4 is 5.48 Å². The van der Waals surface area contributed by atoms with Gasteiger partial charge in [0.2, 0.25) is 0 Å². The minimum atomic E-state index is -0.966. The summed E-state index contributed by atoms with van der Waals surface area (Å²) in [7, 11) is 0. The smallest absolute Gasteiger partial charge is 0.339 e. The minimum Gasteiger partial charge on any atom is -0.478 e. The molecule has 16 heavy (non-hydrogen) atoms. The van der Waals surface area contributed by atoms with Crippen molar-refractivity contribution in [3.8, 4) is 0 Å². The van der Waals surface area contributed by atoms with E-state index >= 15 is 0 Å². The molecule has 0 fully saturated rings. The molecule has 0 aromatic carbocycles. The van der Waals surface area contributed by atoms with E-state index in [4.69, 9.17) is 10.3 Å². The lowest BCUT2D eigenvalue weighted by Gasteiger charge is -2.29. The number of nitrogens with one attached hydrogen (secondary N) is 1. The highest BCUT2D eigenvalue weighted by Crippen LogP contribution is 2.43. The second kappa shape index (κ2) is 3.75. The fourth-order valence-electron chi connectivity index (χ4n) is 2.22. The molecular formula is C11H15NO3S. The van der Waals surface area contributed by atoms with Crippen LogP contribution in [0.4, 0.5) is 5.00 Å². The maximum absolute atomic E-state index is 11.2. The predicted molar refractivity (Wildman–Crippen MR) is 62.5 cm³/mol. The molecule has 1 aromatic rings. The number of anilines is 1. The number of thiophene rings is 1. The number of fused-ring (bicyclic) bond motifs is 1. The Kier molecular flexibility index (Phi) is 2.67. The van der Waals surface area contributed by atoms with Crippen molar-refractivity contribution in [3.05, 3.63) is 16.0 Å². The van der Waals surface area contributed by atoms with Gasteiger partial charge >= 0.3 is 5.97 Å². The number of carboxylic acid groups (broad SMARTS) is 1. The normalized spacial score (nSPS) is 17.9. The first-order valence-electron chi connectivity index (χ1n) is 5.22. The van der Waals surface area contributed by atoms with Crippen molar-refractivity contribution >= 4 is 22.3 Å². The highest BCUT2D eigenvalue weighted by Gasteiger charge is 2.32. The van der Waals surface area contributed by atoms with Gasteiger partial charge in [0.1, 0.15) is 5.00 Å². The van der Waals surface area contributed by atoms with Gasteiger partial charge in [-0.05, 0) is 30.2 Å². The number of carboxylic acids is 1. The van der Waals surface area contributed by atoms with Crippen molar-refractivity contribution in [3.63, 3.8) is 0 Å². The third-order valence-electron chi connectivity index (χ3n) is 3.09. The van der Waals surface area contributed by atoms with Gasteiger partial charge in [-0.2, -0.15) is 0 Å². The van der Waals surface area contributed by atoms with E-state index < -0.39 is 5.97 Å². The Hall–Kier alpha value is -1.07. The summed E-state index contributed by atoms with van der Waals surface area (Å²) < 4.78 is 0. The maximum atomic E-state index is 11.2. The van der Waals surface area contributed by atoms with E-state index in [2.05, 4.69) is 13.8 Å². The highest BCUT2D eigenvalue weighted by atomic mass is 32.1. The van der Waals surface area contributed by atoms with E-state index in [0.717, 1.165) is 29.7 Å². The summed E-state index contributed by atoms with van der Waals surface area (Å²) in [4.78, 5) is 12.3. The molecule has 0 saturated heterocycles.